The van der Waals surface area contributed by atoms with Gasteiger partial charge >= 0.3 is 0 Å². The molecule has 0 amide bonds. The van der Waals surface area contributed by atoms with E-state index < -0.39 is 9.84 Å². The zero-order chi connectivity index (χ0) is 11.8. The van der Waals surface area contributed by atoms with Gasteiger partial charge in [0.1, 0.15) is 0 Å². The molecule has 1 aliphatic heterocycles. The molecule has 8 heteroatoms. The van der Waals surface area contributed by atoms with Crippen LogP contribution in [0.15, 0.2) is 5.16 Å². The molecule has 0 bridgehead atoms. The van der Waals surface area contributed by atoms with E-state index in [2.05, 4.69) is 10.2 Å². The van der Waals surface area contributed by atoms with E-state index >= 15 is 0 Å². The minimum absolute atomic E-state index is 0.0567. The van der Waals surface area contributed by atoms with Crippen molar-refractivity contribution in [3.63, 3.8) is 0 Å². The molecule has 16 heavy (non-hydrogen) atoms. The highest BCUT2D eigenvalue weighted by Gasteiger charge is 2.30. The molecule has 0 radical (unpaired) electrons. The van der Waals surface area contributed by atoms with Gasteiger partial charge in [0.15, 0.2) is 15.7 Å². The van der Waals surface area contributed by atoms with Gasteiger partial charge in [0, 0.05) is 11.7 Å². The third kappa shape index (κ3) is 2.32. The molecule has 0 aromatic carbocycles. The second-order valence-corrected chi connectivity index (χ2v) is 7.26. The van der Waals surface area contributed by atoms with Crippen LogP contribution in [0.25, 0.3) is 0 Å². The van der Waals surface area contributed by atoms with E-state index in [1.54, 1.807) is 0 Å². The van der Waals surface area contributed by atoms with Crippen molar-refractivity contribution < 1.29 is 8.42 Å². The summed E-state index contributed by atoms with van der Waals surface area (Å²) in [5.41, 5.74) is 0. The molecule has 1 aromatic rings. The smallest absolute Gasteiger partial charge is 0.210 e. The van der Waals surface area contributed by atoms with Crippen molar-refractivity contribution in [1.82, 2.24) is 14.9 Å². The van der Waals surface area contributed by atoms with Crippen LogP contribution in [0.4, 0.5) is 0 Å². The number of aryl methyl sites for hydroxylation is 1. The van der Waals surface area contributed by atoms with Crippen LogP contribution in [0.3, 0.4) is 0 Å². The Morgan fingerprint density at radius 3 is 2.81 bits per heavy atom. The molecule has 0 spiro atoms. The van der Waals surface area contributed by atoms with Gasteiger partial charge < -0.3 is 5.84 Å². The summed E-state index contributed by atoms with van der Waals surface area (Å²) in [6.07, 6.45) is 1.38. The first-order valence-corrected chi connectivity index (χ1v) is 7.78. The summed E-state index contributed by atoms with van der Waals surface area (Å²) in [6.45, 7) is 1.95. The van der Waals surface area contributed by atoms with Gasteiger partial charge in [-0.1, -0.05) is 18.7 Å². The molecule has 0 aliphatic carbocycles. The summed E-state index contributed by atoms with van der Waals surface area (Å²) < 4.78 is 24.0. The standard InChI is InChI=1S/C8H14N4O2S2/c1-2-7-10-11-8(12(7)9)15-6-3-4-16(13,14)5-6/h6H,2-5,9H2,1H3. The Morgan fingerprint density at radius 2 is 2.31 bits per heavy atom. The molecule has 2 heterocycles. The molecular weight excluding hydrogens is 248 g/mol. The number of hydrogen-bond donors (Lipinski definition) is 1. The fraction of sp³-hybridized carbons (Fsp3) is 0.750. The number of hydrogen-bond acceptors (Lipinski definition) is 6. The van der Waals surface area contributed by atoms with Crippen LogP contribution in [0.1, 0.15) is 19.2 Å². The Balaban J connectivity index is 2.08. The Bertz CT molecular complexity index is 482. The van der Waals surface area contributed by atoms with Crippen molar-refractivity contribution in [2.75, 3.05) is 17.3 Å². The third-order valence-electron chi connectivity index (χ3n) is 2.51. The van der Waals surface area contributed by atoms with Crippen LogP contribution in [-0.4, -0.2) is 40.0 Å². The SMILES string of the molecule is CCc1nnc(SC2CCS(=O)(=O)C2)n1N. The number of sulfone groups is 1. The van der Waals surface area contributed by atoms with E-state index in [-0.39, 0.29) is 16.8 Å². The largest absolute Gasteiger partial charge is 0.336 e. The first-order chi connectivity index (χ1) is 7.52. The van der Waals surface area contributed by atoms with Gasteiger partial charge in [-0.15, -0.1) is 10.2 Å². The molecule has 1 atom stereocenters. The van der Waals surface area contributed by atoms with Crippen molar-refractivity contribution in [2.45, 2.75) is 30.2 Å². The lowest BCUT2D eigenvalue weighted by molar-refractivity contribution is 0.602. The zero-order valence-electron chi connectivity index (χ0n) is 8.96. The van der Waals surface area contributed by atoms with Gasteiger partial charge in [-0.3, -0.25) is 0 Å². The third-order valence-corrected chi connectivity index (χ3v) is 5.72. The minimum Gasteiger partial charge on any atom is -0.336 e. The number of nitrogen functional groups attached to an aromatic ring is 1. The van der Waals surface area contributed by atoms with Crippen molar-refractivity contribution in [2.24, 2.45) is 0 Å². The predicted molar refractivity (Wildman–Crippen MR) is 62.5 cm³/mol. The molecule has 1 saturated heterocycles. The van der Waals surface area contributed by atoms with Crippen LogP contribution >= 0.6 is 11.8 Å². The number of thioether (sulfide) groups is 1. The van der Waals surface area contributed by atoms with Crippen molar-refractivity contribution in [1.29, 1.82) is 0 Å². The van der Waals surface area contributed by atoms with Crippen molar-refractivity contribution in [3.05, 3.63) is 5.82 Å². The first-order valence-electron chi connectivity index (χ1n) is 5.08. The van der Waals surface area contributed by atoms with Crippen LogP contribution in [0.2, 0.25) is 0 Å². The zero-order valence-corrected chi connectivity index (χ0v) is 10.6. The number of nitrogens with two attached hydrogens (primary N) is 1. The van der Waals surface area contributed by atoms with Gasteiger partial charge in [-0.25, -0.2) is 13.1 Å². The quantitative estimate of drug-likeness (QED) is 0.761. The molecule has 90 valence electrons. The number of aromatic nitrogens is 3. The fourth-order valence-electron chi connectivity index (χ4n) is 1.63. The highest BCUT2D eigenvalue weighted by atomic mass is 32.2. The van der Waals surface area contributed by atoms with Crippen LogP contribution < -0.4 is 5.84 Å². The van der Waals surface area contributed by atoms with Gasteiger partial charge in [-0.2, -0.15) is 0 Å². The molecule has 2 rings (SSSR count). The molecule has 1 aliphatic rings. The number of nitrogens with zero attached hydrogens (tertiary/aromatic N) is 3. The topological polar surface area (TPSA) is 90.9 Å². The maximum atomic E-state index is 11.3. The van der Waals surface area contributed by atoms with Crippen LogP contribution in [-0.2, 0) is 16.3 Å². The van der Waals surface area contributed by atoms with E-state index in [0.717, 1.165) is 0 Å². The fourth-order valence-corrected chi connectivity index (χ4v) is 5.06. The van der Waals surface area contributed by atoms with E-state index in [9.17, 15) is 8.42 Å². The first kappa shape index (κ1) is 11.7. The summed E-state index contributed by atoms with van der Waals surface area (Å²) in [5.74, 6) is 6.97. The maximum Gasteiger partial charge on any atom is 0.210 e. The van der Waals surface area contributed by atoms with E-state index in [0.29, 0.717) is 23.8 Å². The summed E-state index contributed by atoms with van der Waals surface area (Å²) in [4.78, 5) is 0. The monoisotopic (exact) mass is 262 g/mol. The molecule has 1 unspecified atom stereocenters. The summed E-state index contributed by atoms with van der Waals surface area (Å²) in [6, 6.07) is 0. The summed E-state index contributed by atoms with van der Waals surface area (Å²) in [5, 5.41) is 8.54. The second kappa shape index (κ2) is 4.25. The highest BCUT2D eigenvalue weighted by molar-refractivity contribution is 8.01. The highest BCUT2D eigenvalue weighted by Crippen LogP contribution is 2.29. The predicted octanol–water partition coefficient (Wildman–Crippen LogP) is -0.166. The van der Waals surface area contributed by atoms with Crippen molar-refractivity contribution >= 4 is 21.6 Å². The van der Waals surface area contributed by atoms with E-state index in [1.165, 1.54) is 16.4 Å². The Labute approximate surface area is 98.5 Å². The van der Waals surface area contributed by atoms with Crippen molar-refractivity contribution in [3.8, 4) is 0 Å². The minimum atomic E-state index is -2.85. The lowest BCUT2D eigenvalue weighted by Crippen LogP contribution is -2.15. The normalized spacial score (nSPS) is 23.7. The van der Waals surface area contributed by atoms with E-state index in [1.807, 2.05) is 6.92 Å². The maximum absolute atomic E-state index is 11.3. The van der Waals surface area contributed by atoms with Crippen LogP contribution in [0.5, 0.6) is 0 Å². The Hall–Kier alpha value is -0.760. The van der Waals surface area contributed by atoms with Gasteiger partial charge in [0.25, 0.3) is 0 Å². The van der Waals surface area contributed by atoms with Gasteiger partial charge in [-0.05, 0) is 6.42 Å². The second-order valence-electron chi connectivity index (χ2n) is 3.77. The lowest BCUT2D eigenvalue weighted by atomic mass is 10.4. The lowest BCUT2D eigenvalue weighted by Gasteiger charge is -2.06. The molecular formula is C8H14N4O2S2. The summed E-state index contributed by atoms with van der Waals surface area (Å²) in [7, 11) is -2.85. The molecule has 6 nitrogen and oxygen atoms in total. The molecule has 0 saturated carbocycles. The Morgan fingerprint density at radius 1 is 1.56 bits per heavy atom. The summed E-state index contributed by atoms with van der Waals surface area (Å²) >= 11 is 1.40. The molecule has 1 fully saturated rings. The molecule has 2 N–H and O–H groups in total. The molecule has 1 aromatic heterocycles. The average molecular weight is 262 g/mol. The van der Waals surface area contributed by atoms with Crippen LogP contribution in [0, 0.1) is 0 Å². The van der Waals surface area contributed by atoms with E-state index in [4.69, 9.17) is 5.84 Å². The van der Waals surface area contributed by atoms with Gasteiger partial charge in [0.2, 0.25) is 5.16 Å². The average Bonchev–Trinajstić information content (AvgIpc) is 2.72. The number of rotatable bonds is 3. The Kier molecular flexibility index (Phi) is 3.11. The van der Waals surface area contributed by atoms with Gasteiger partial charge in [0.05, 0.1) is 11.5 Å².